The topological polar surface area (TPSA) is 0 Å². The van der Waals surface area contributed by atoms with E-state index >= 15 is 0 Å². The molecule has 2 aromatic carbocycles. The lowest BCUT2D eigenvalue weighted by atomic mass is 10.2. The van der Waals surface area contributed by atoms with E-state index in [-0.39, 0.29) is 0 Å². The molecule has 0 nitrogen and oxygen atoms in total. The SMILES string of the molecule is Cc1ccc(S/C=C/c2ccc(Cl)cc2)cc1. The molecular formula is C15H13ClS. The summed E-state index contributed by atoms with van der Waals surface area (Å²) in [5, 5.41) is 2.86. The first-order valence-corrected chi connectivity index (χ1v) is 6.65. The Bertz CT molecular complexity index is 497. The molecule has 2 aromatic rings. The first kappa shape index (κ1) is 12.3. The van der Waals surface area contributed by atoms with Crippen LogP contribution in [0.5, 0.6) is 0 Å². The lowest BCUT2D eigenvalue weighted by Gasteiger charge is -1.97. The molecule has 0 spiro atoms. The van der Waals surface area contributed by atoms with Gasteiger partial charge in [-0.1, -0.05) is 53.2 Å². The van der Waals surface area contributed by atoms with Crippen molar-refractivity contribution in [3.8, 4) is 0 Å². The van der Waals surface area contributed by atoms with Crippen molar-refractivity contribution in [1.82, 2.24) is 0 Å². The summed E-state index contributed by atoms with van der Waals surface area (Å²) in [4.78, 5) is 1.25. The minimum absolute atomic E-state index is 0.772. The second-order valence-corrected chi connectivity index (χ2v) is 5.20. The molecule has 2 heteroatoms. The van der Waals surface area contributed by atoms with Crippen LogP contribution in [0.4, 0.5) is 0 Å². The third-order valence-corrected chi connectivity index (χ3v) is 3.42. The normalized spacial score (nSPS) is 10.9. The van der Waals surface area contributed by atoms with Crippen LogP contribution in [0.1, 0.15) is 11.1 Å². The molecule has 0 unspecified atom stereocenters. The van der Waals surface area contributed by atoms with E-state index in [2.05, 4.69) is 42.7 Å². The standard InChI is InChI=1S/C15H13ClS/c1-12-2-8-15(9-3-12)17-11-10-13-4-6-14(16)7-5-13/h2-11H,1H3/b11-10+. The molecule has 0 amide bonds. The molecular weight excluding hydrogens is 248 g/mol. The zero-order valence-electron chi connectivity index (χ0n) is 9.56. The molecule has 0 N–H and O–H groups in total. The molecule has 0 fully saturated rings. The Morgan fingerprint density at radius 2 is 1.59 bits per heavy atom. The average molecular weight is 261 g/mol. The smallest absolute Gasteiger partial charge is 0.0406 e. The van der Waals surface area contributed by atoms with Crippen LogP contribution in [0.3, 0.4) is 0 Å². The van der Waals surface area contributed by atoms with Crippen LogP contribution < -0.4 is 0 Å². The Morgan fingerprint density at radius 3 is 2.24 bits per heavy atom. The van der Waals surface area contributed by atoms with Gasteiger partial charge >= 0.3 is 0 Å². The lowest BCUT2D eigenvalue weighted by Crippen LogP contribution is -1.72. The van der Waals surface area contributed by atoms with E-state index in [0.717, 1.165) is 10.6 Å². The number of hydrogen-bond donors (Lipinski definition) is 0. The van der Waals surface area contributed by atoms with Crippen molar-refractivity contribution in [2.24, 2.45) is 0 Å². The monoisotopic (exact) mass is 260 g/mol. The quantitative estimate of drug-likeness (QED) is 0.665. The highest BCUT2D eigenvalue weighted by Crippen LogP contribution is 2.21. The van der Waals surface area contributed by atoms with Gasteiger partial charge in [-0.2, -0.15) is 0 Å². The predicted molar refractivity (Wildman–Crippen MR) is 77.5 cm³/mol. The van der Waals surface area contributed by atoms with Gasteiger partial charge in [-0.3, -0.25) is 0 Å². The molecule has 0 radical (unpaired) electrons. The summed E-state index contributed by atoms with van der Waals surface area (Å²) in [7, 11) is 0. The molecule has 0 aliphatic heterocycles. The maximum atomic E-state index is 5.83. The van der Waals surface area contributed by atoms with Gasteiger partial charge in [-0.15, -0.1) is 0 Å². The minimum Gasteiger partial charge on any atom is -0.0981 e. The van der Waals surface area contributed by atoms with Gasteiger partial charge in [0.2, 0.25) is 0 Å². The second kappa shape index (κ2) is 5.95. The van der Waals surface area contributed by atoms with Gasteiger partial charge in [-0.25, -0.2) is 0 Å². The molecule has 0 aliphatic rings. The van der Waals surface area contributed by atoms with Crippen LogP contribution >= 0.6 is 23.4 Å². The second-order valence-electron chi connectivity index (χ2n) is 3.79. The van der Waals surface area contributed by atoms with Crippen molar-refractivity contribution in [3.05, 3.63) is 70.1 Å². The van der Waals surface area contributed by atoms with E-state index in [1.165, 1.54) is 10.5 Å². The van der Waals surface area contributed by atoms with Crippen molar-refractivity contribution in [1.29, 1.82) is 0 Å². The number of rotatable bonds is 3. The summed E-state index contributed by atoms with van der Waals surface area (Å²) >= 11 is 7.54. The number of hydrogen-bond acceptors (Lipinski definition) is 1. The zero-order chi connectivity index (χ0) is 12.1. The number of aryl methyl sites for hydroxylation is 1. The molecule has 17 heavy (non-hydrogen) atoms. The van der Waals surface area contributed by atoms with Crippen LogP contribution in [-0.2, 0) is 0 Å². The average Bonchev–Trinajstić information content (AvgIpc) is 2.34. The van der Waals surface area contributed by atoms with Crippen LogP contribution in [0.2, 0.25) is 5.02 Å². The van der Waals surface area contributed by atoms with E-state index < -0.39 is 0 Å². The van der Waals surface area contributed by atoms with Gasteiger partial charge in [0.05, 0.1) is 0 Å². The molecule has 0 aliphatic carbocycles. The number of halogens is 1. The lowest BCUT2D eigenvalue weighted by molar-refractivity contribution is 1.38. The van der Waals surface area contributed by atoms with Crippen LogP contribution in [0.25, 0.3) is 6.08 Å². The van der Waals surface area contributed by atoms with Crippen molar-refractivity contribution >= 4 is 29.4 Å². The summed E-state index contributed by atoms with van der Waals surface area (Å²) < 4.78 is 0. The van der Waals surface area contributed by atoms with Crippen molar-refractivity contribution in [2.45, 2.75) is 11.8 Å². The third-order valence-electron chi connectivity index (χ3n) is 2.36. The fourth-order valence-electron chi connectivity index (χ4n) is 1.38. The first-order valence-electron chi connectivity index (χ1n) is 5.39. The summed E-state index contributed by atoms with van der Waals surface area (Å²) in [5.74, 6) is 0. The van der Waals surface area contributed by atoms with Crippen molar-refractivity contribution in [2.75, 3.05) is 0 Å². The third kappa shape index (κ3) is 3.95. The Balaban J connectivity index is 1.97. The molecule has 0 saturated carbocycles. The molecule has 0 saturated heterocycles. The summed E-state index contributed by atoms with van der Waals surface area (Å²) in [6.45, 7) is 2.10. The van der Waals surface area contributed by atoms with E-state index in [1.807, 2.05) is 24.3 Å². The Kier molecular flexibility index (Phi) is 4.29. The Labute approximate surface area is 111 Å². The van der Waals surface area contributed by atoms with Gasteiger partial charge in [-0.05, 0) is 48.2 Å². The zero-order valence-corrected chi connectivity index (χ0v) is 11.1. The highest BCUT2D eigenvalue weighted by molar-refractivity contribution is 8.02. The van der Waals surface area contributed by atoms with E-state index in [0.29, 0.717) is 0 Å². The van der Waals surface area contributed by atoms with Gasteiger partial charge in [0, 0.05) is 9.92 Å². The number of benzene rings is 2. The fourth-order valence-corrected chi connectivity index (χ4v) is 2.18. The summed E-state index contributed by atoms with van der Waals surface area (Å²) in [6.07, 6.45) is 2.08. The Hall–Kier alpha value is -1.18. The Morgan fingerprint density at radius 1 is 0.941 bits per heavy atom. The van der Waals surface area contributed by atoms with Crippen LogP contribution in [-0.4, -0.2) is 0 Å². The minimum atomic E-state index is 0.772. The molecule has 86 valence electrons. The van der Waals surface area contributed by atoms with Gasteiger partial charge in [0.1, 0.15) is 0 Å². The van der Waals surface area contributed by atoms with Gasteiger partial charge in [0.15, 0.2) is 0 Å². The van der Waals surface area contributed by atoms with E-state index in [9.17, 15) is 0 Å². The van der Waals surface area contributed by atoms with Crippen molar-refractivity contribution < 1.29 is 0 Å². The largest absolute Gasteiger partial charge is 0.0981 e. The fraction of sp³-hybridized carbons (Fsp3) is 0.0667. The van der Waals surface area contributed by atoms with E-state index in [1.54, 1.807) is 11.8 Å². The van der Waals surface area contributed by atoms with E-state index in [4.69, 9.17) is 11.6 Å². The highest BCUT2D eigenvalue weighted by atomic mass is 35.5. The first-order chi connectivity index (χ1) is 8.24. The molecule has 0 bridgehead atoms. The highest BCUT2D eigenvalue weighted by Gasteiger charge is 1.90. The maximum Gasteiger partial charge on any atom is 0.0406 e. The molecule has 0 atom stereocenters. The van der Waals surface area contributed by atoms with Crippen LogP contribution in [0.15, 0.2) is 58.8 Å². The van der Waals surface area contributed by atoms with Crippen LogP contribution in [0, 0.1) is 6.92 Å². The predicted octanol–water partition coefficient (Wildman–Crippen LogP) is 5.41. The molecule has 0 heterocycles. The molecule has 2 rings (SSSR count). The summed E-state index contributed by atoms with van der Waals surface area (Å²) in [5.41, 5.74) is 2.45. The molecule has 0 aromatic heterocycles. The maximum absolute atomic E-state index is 5.83. The summed E-state index contributed by atoms with van der Waals surface area (Å²) in [6, 6.07) is 16.3. The van der Waals surface area contributed by atoms with Crippen molar-refractivity contribution in [3.63, 3.8) is 0 Å². The van der Waals surface area contributed by atoms with Gasteiger partial charge < -0.3 is 0 Å². The number of thioether (sulfide) groups is 1. The van der Waals surface area contributed by atoms with Gasteiger partial charge in [0.25, 0.3) is 0 Å².